The summed E-state index contributed by atoms with van der Waals surface area (Å²) >= 11 is 0. The van der Waals surface area contributed by atoms with Crippen molar-refractivity contribution in [1.29, 1.82) is 0 Å². The van der Waals surface area contributed by atoms with Gasteiger partial charge >= 0.3 is 0 Å². The Bertz CT molecular complexity index is 558. The number of hydrogen-bond donors (Lipinski definition) is 0. The molecule has 1 saturated carbocycles. The van der Waals surface area contributed by atoms with E-state index in [4.69, 9.17) is 4.74 Å². The molecule has 0 radical (unpaired) electrons. The zero-order valence-corrected chi connectivity index (χ0v) is 12.8. The fraction of sp³-hybridized carbons (Fsp3) is 0.625. The molecule has 1 aliphatic heterocycles. The molecular weight excluding hydrogens is 268 g/mol. The van der Waals surface area contributed by atoms with Crippen molar-refractivity contribution in [1.82, 2.24) is 4.90 Å². The van der Waals surface area contributed by atoms with Gasteiger partial charge in [0.05, 0.1) is 11.0 Å². The van der Waals surface area contributed by atoms with E-state index in [1.165, 1.54) is 6.07 Å². The minimum absolute atomic E-state index is 0.149. The lowest BCUT2D eigenvalue weighted by Gasteiger charge is -2.58. The van der Waals surface area contributed by atoms with E-state index in [0.717, 1.165) is 25.1 Å². The van der Waals surface area contributed by atoms with Crippen LogP contribution in [0.25, 0.3) is 0 Å². The lowest BCUT2D eigenvalue weighted by Crippen LogP contribution is -2.65. The molecule has 1 aromatic carbocycles. The molecule has 5 nitrogen and oxygen atoms in total. The summed E-state index contributed by atoms with van der Waals surface area (Å²) in [5, 5.41) is 10.9. The largest absolute Gasteiger partial charge is 0.377 e. The fourth-order valence-electron chi connectivity index (χ4n) is 4.35. The molecule has 2 aliphatic rings. The van der Waals surface area contributed by atoms with Gasteiger partial charge in [0.25, 0.3) is 5.69 Å². The lowest BCUT2D eigenvalue weighted by atomic mass is 9.57. The van der Waals surface area contributed by atoms with Gasteiger partial charge in [0, 0.05) is 42.7 Å². The van der Waals surface area contributed by atoms with Crippen molar-refractivity contribution in [3.63, 3.8) is 0 Å². The number of nitro benzene ring substituents is 1. The van der Waals surface area contributed by atoms with E-state index in [-0.39, 0.29) is 16.0 Å². The molecule has 0 spiro atoms. The average molecular weight is 290 g/mol. The van der Waals surface area contributed by atoms with Crippen LogP contribution in [0.1, 0.15) is 25.8 Å². The molecule has 1 aliphatic carbocycles. The summed E-state index contributed by atoms with van der Waals surface area (Å²) in [5.41, 5.74) is 1.30. The number of hydrogen-bond acceptors (Lipinski definition) is 4. The van der Waals surface area contributed by atoms with Crippen molar-refractivity contribution in [2.24, 2.45) is 11.3 Å². The highest BCUT2D eigenvalue weighted by molar-refractivity contribution is 5.34. The zero-order valence-electron chi connectivity index (χ0n) is 12.8. The van der Waals surface area contributed by atoms with E-state index in [2.05, 4.69) is 25.8 Å². The highest BCUT2D eigenvalue weighted by Crippen LogP contribution is 2.54. The maximum atomic E-state index is 10.9. The summed E-state index contributed by atoms with van der Waals surface area (Å²) < 4.78 is 5.83. The van der Waals surface area contributed by atoms with Gasteiger partial charge in [-0.1, -0.05) is 26.0 Å². The molecule has 1 saturated heterocycles. The fourth-order valence-corrected chi connectivity index (χ4v) is 4.35. The van der Waals surface area contributed by atoms with Crippen LogP contribution in [0.4, 0.5) is 5.69 Å². The maximum Gasteiger partial charge on any atom is 0.269 e. The molecule has 5 heteroatoms. The van der Waals surface area contributed by atoms with E-state index in [1.807, 2.05) is 6.07 Å². The van der Waals surface area contributed by atoms with Crippen LogP contribution in [0.2, 0.25) is 0 Å². The predicted octanol–water partition coefficient (Wildman–Crippen LogP) is 2.84. The number of nitrogens with zero attached hydrogens (tertiary/aromatic N) is 2. The van der Waals surface area contributed by atoms with Crippen LogP contribution >= 0.6 is 0 Å². The summed E-state index contributed by atoms with van der Waals surface area (Å²) in [6.45, 7) is 6.11. The highest BCUT2D eigenvalue weighted by atomic mass is 16.6. The molecule has 3 rings (SSSR count). The van der Waals surface area contributed by atoms with Crippen LogP contribution in [0.15, 0.2) is 24.3 Å². The third-order valence-electron chi connectivity index (χ3n) is 5.07. The first-order valence-corrected chi connectivity index (χ1v) is 7.46. The Balaban J connectivity index is 1.73. The molecule has 1 aromatic rings. The van der Waals surface area contributed by atoms with Crippen molar-refractivity contribution in [3.05, 3.63) is 39.9 Å². The van der Waals surface area contributed by atoms with Crippen LogP contribution in [-0.2, 0) is 11.3 Å². The second kappa shape index (κ2) is 5.07. The predicted molar refractivity (Wildman–Crippen MR) is 80.0 cm³/mol. The van der Waals surface area contributed by atoms with Crippen LogP contribution in [-0.4, -0.2) is 35.6 Å². The van der Waals surface area contributed by atoms with E-state index in [9.17, 15) is 10.1 Å². The second-order valence-corrected chi connectivity index (χ2v) is 6.85. The molecular formula is C16H22N2O3. The van der Waals surface area contributed by atoms with Gasteiger partial charge in [-0.25, -0.2) is 0 Å². The highest BCUT2D eigenvalue weighted by Gasteiger charge is 2.60. The number of ether oxygens (including phenoxy) is 1. The molecule has 0 amide bonds. The Hall–Kier alpha value is -1.46. The quantitative estimate of drug-likeness (QED) is 0.632. The van der Waals surface area contributed by atoms with Gasteiger partial charge in [0.1, 0.15) is 0 Å². The summed E-state index contributed by atoms with van der Waals surface area (Å²) in [4.78, 5) is 12.9. The van der Waals surface area contributed by atoms with E-state index < -0.39 is 0 Å². The summed E-state index contributed by atoms with van der Waals surface area (Å²) in [6.07, 6.45) is 1.49. The summed E-state index contributed by atoms with van der Waals surface area (Å²) in [5.74, 6) is 0.601. The van der Waals surface area contributed by atoms with Crippen molar-refractivity contribution in [2.75, 3.05) is 13.7 Å². The van der Waals surface area contributed by atoms with Gasteiger partial charge in [0.2, 0.25) is 0 Å². The molecule has 0 N–H and O–H groups in total. The first-order chi connectivity index (χ1) is 9.91. The van der Waals surface area contributed by atoms with Crippen LogP contribution in [0, 0.1) is 21.4 Å². The third-order valence-corrected chi connectivity index (χ3v) is 5.07. The molecule has 0 aromatic heterocycles. The van der Waals surface area contributed by atoms with Gasteiger partial charge in [-0.2, -0.15) is 0 Å². The standard InChI is InChI=1S/C16H22N2O3/c1-16(2)14(13-7-8-21-15(13)16)17(3)10-11-5-4-6-12(9-11)18(19)20/h4-6,9,13-15H,7-8,10H2,1-3H3. The molecule has 114 valence electrons. The van der Waals surface area contributed by atoms with Crippen LogP contribution in [0.3, 0.4) is 0 Å². The number of fused-ring (bicyclic) bond motifs is 1. The lowest BCUT2D eigenvalue weighted by molar-refractivity contribution is -0.384. The zero-order chi connectivity index (χ0) is 15.2. The monoisotopic (exact) mass is 290 g/mol. The van der Waals surface area contributed by atoms with Crippen molar-refractivity contribution in [3.8, 4) is 0 Å². The number of rotatable bonds is 4. The van der Waals surface area contributed by atoms with Gasteiger partial charge in [-0.05, 0) is 19.0 Å². The molecule has 21 heavy (non-hydrogen) atoms. The van der Waals surface area contributed by atoms with Crippen molar-refractivity contribution < 1.29 is 9.66 Å². The first-order valence-electron chi connectivity index (χ1n) is 7.46. The van der Waals surface area contributed by atoms with Gasteiger partial charge < -0.3 is 4.74 Å². The topological polar surface area (TPSA) is 55.6 Å². The number of non-ortho nitro benzene ring substituents is 1. The Labute approximate surface area is 125 Å². The minimum atomic E-state index is -0.336. The van der Waals surface area contributed by atoms with Gasteiger partial charge in [-0.15, -0.1) is 0 Å². The third kappa shape index (κ3) is 2.34. The van der Waals surface area contributed by atoms with E-state index >= 15 is 0 Å². The number of benzene rings is 1. The Kier molecular flexibility index (Phi) is 3.50. The SMILES string of the molecule is CN(Cc1cccc([N+](=O)[O-])c1)C1C2CCOC2C1(C)C. The molecule has 2 fully saturated rings. The molecule has 1 heterocycles. The van der Waals surface area contributed by atoms with Crippen LogP contribution in [0.5, 0.6) is 0 Å². The smallest absolute Gasteiger partial charge is 0.269 e. The van der Waals surface area contributed by atoms with Crippen LogP contribution < -0.4 is 0 Å². The second-order valence-electron chi connectivity index (χ2n) is 6.85. The summed E-state index contributed by atoms with van der Waals surface area (Å²) in [6, 6.07) is 7.40. The van der Waals surface area contributed by atoms with Crippen molar-refractivity contribution >= 4 is 5.69 Å². The van der Waals surface area contributed by atoms with Gasteiger partial charge in [0.15, 0.2) is 0 Å². The Morgan fingerprint density at radius 2 is 2.24 bits per heavy atom. The maximum absolute atomic E-state index is 10.9. The van der Waals surface area contributed by atoms with E-state index in [1.54, 1.807) is 12.1 Å². The normalized spacial score (nSPS) is 30.0. The number of nitro groups is 1. The van der Waals surface area contributed by atoms with Gasteiger partial charge in [-0.3, -0.25) is 15.0 Å². The van der Waals surface area contributed by atoms with E-state index in [0.29, 0.717) is 18.1 Å². The molecule has 3 atom stereocenters. The molecule has 3 unspecified atom stereocenters. The average Bonchev–Trinajstić information content (AvgIpc) is 2.84. The Morgan fingerprint density at radius 1 is 1.48 bits per heavy atom. The molecule has 0 bridgehead atoms. The summed E-state index contributed by atoms with van der Waals surface area (Å²) in [7, 11) is 2.11. The first kappa shape index (κ1) is 14.5. The van der Waals surface area contributed by atoms with Crippen molar-refractivity contribution in [2.45, 2.75) is 39.0 Å². The minimum Gasteiger partial charge on any atom is -0.377 e. The Morgan fingerprint density at radius 3 is 2.95 bits per heavy atom.